The molecular weight excluding hydrogens is 280 g/mol. The van der Waals surface area contributed by atoms with Gasteiger partial charge in [-0.2, -0.15) is 0 Å². The van der Waals surface area contributed by atoms with Crippen molar-refractivity contribution in [3.8, 4) is 0 Å². The summed E-state index contributed by atoms with van der Waals surface area (Å²) in [4.78, 5) is 17.2. The summed E-state index contributed by atoms with van der Waals surface area (Å²) >= 11 is 2.97. The zero-order valence-electron chi connectivity index (χ0n) is 11.2. The smallest absolute Gasteiger partial charge is 0.263 e. The Balaban J connectivity index is 2.00. The third-order valence-corrected chi connectivity index (χ3v) is 4.64. The number of aryl methyl sites for hydroxylation is 3. The molecule has 0 fully saturated rings. The highest BCUT2D eigenvalue weighted by atomic mass is 32.1. The predicted molar refractivity (Wildman–Crippen MR) is 76.7 cm³/mol. The van der Waals surface area contributed by atoms with Crippen molar-refractivity contribution in [2.24, 2.45) is 0 Å². The number of nitrogens with zero attached hydrogens (tertiary/aromatic N) is 3. The lowest BCUT2D eigenvalue weighted by Gasteiger charge is -2.01. The third kappa shape index (κ3) is 3.36. The van der Waals surface area contributed by atoms with Crippen LogP contribution in [0.1, 0.15) is 44.2 Å². The van der Waals surface area contributed by atoms with Gasteiger partial charge in [0.25, 0.3) is 5.91 Å². The van der Waals surface area contributed by atoms with E-state index in [2.05, 4.69) is 20.5 Å². The summed E-state index contributed by atoms with van der Waals surface area (Å²) in [7, 11) is 0. The normalized spacial score (nSPS) is 10.7. The summed E-state index contributed by atoms with van der Waals surface area (Å²) in [5.74, 6) is -0.0734. The van der Waals surface area contributed by atoms with Crippen LogP contribution in [0.3, 0.4) is 0 Å². The Labute approximate surface area is 120 Å². The minimum absolute atomic E-state index is 0.0734. The summed E-state index contributed by atoms with van der Waals surface area (Å²) in [6.07, 6.45) is 1.64. The molecule has 0 radical (unpaired) electrons. The van der Waals surface area contributed by atoms with Crippen LogP contribution >= 0.6 is 22.7 Å². The molecule has 102 valence electrons. The second kappa shape index (κ2) is 6.21. The molecule has 0 aromatic carbocycles. The van der Waals surface area contributed by atoms with Gasteiger partial charge in [0.15, 0.2) is 0 Å². The second-order valence-electron chi connectivity index (χ2n) is 3.99. The van der Waals surface area contributed by atoms with E-state index in [0.29, 0.717) is 11.4 Å². The number of aromatic nitrogens is 3. The van der Waals surface area contributed by atoms with Gasteiger partial charge in [0.05, 0.1) is 17.2 Å². The van der Waals surface area contributed by atoms with Crippen molar-refractivity contribution < 1.29 is 4.79 Å². The molecule has 0 atom stereocenters. The fourth-order valence-corrected chi connectivity index (χ4v) is 3.27. The van der Waals surface area contributed by atoms with Gasteiger partial charge in [-0.1, -0.05) is 25.2 Å². The Morgan fingerprint density at radius 3 is 2.53 bits per heavy atom. The molecule has 0 bridgehead atoms. The van der Waals surface area contributed by atoms with Crippen LogP contribution in [-0.4, -0.2) is 21.1 Å². The molecule has 5 nitrogen and oxygen atoms in total. The van der Waals surface area contributed by atoms with Crippen molar-refractivity contribution >= 4 is 28.6 Å². The molecule has 0 saturated heterocycles. The van der Waals surface area contributed by atoms with Crippen LogP contribution < -0.4 is 5.32 Å². The largest absolute Gasteiger partial charge is 0.345 e. The monoisotopic (exact) mass is 296 g/mol. The van der Waals surface area contributed by atoms with Gasteiger partial charge in [-0.25, -0.2) is 4.98 Å². The number of amides is 1. The Morgan fingerprint density at radius 2 is 1.89 bits per heavy atom. The highest BCUT2D eigenvalue weighted by Crippen LogP contribution is 2.18. The van der Waals surface area contributed by atoms with Gasteiger partial charge in [-0.3, -0.25) is 4.79 Å². The van der Waals surface area contributed by atoms with E-state index < -0.39 is 0 Å². The molecule has 0 aliphatic carbocycles. The molecule has 2 aromatic heterocycles. The van der Waals surface area contributed by atoms with E-state index in [0.717, 1.165) is 33.6 Å². The van der Waals surface area contributed by atoms with Crippen LogP contribution in [0.25, 0.3) is 0 Å². The van der Waals surface area contributed by atoms with Gasteiger partial charge in [0.1, 0.15) is 14.9 Å². The van der Waals surface area contributed by atoms with E-state index in [1.807, 2.05) is 20.8 Å². The quantitative estimate of drug-likeness (QED) is 0.919. The molecule has 0 spiro atoms. The van der Waals surface area contributed by atoms with Gasteiger partial charge in [0, 0.05) is 0 Å². The number of rotatable bonds is 5. The molecule has 19 heavy (non-hydrogen) atoms. The average Bonchev–Trinajstić information content (AvgIpc) is 3.01. The Morgan fingerprint density at radius 1 is 1.16 bits per heavy atom. The minimum Gasteiger partial charge on any atom is -0.345 e. The summed E-state index contributed by atoms with van der Waals surface area (Å²) in [6, 6.07) is 0. The molecule has 2 rings (SSSR count). The first-order valence-corrected chi connectivity index (χ1v) is 7.83. The molecule has 0 saturated carbocycles. The van der Waals surface area contributed by atoms with Crippen molar-refractivity contribution in [1.82, 2.24) is 20.5 Å². The molecule has 2 aromatic rings. The summed E-state index contributed by atoms with van der Waals surface area (Å²) in [6.45, 7) is 6.38. The Bertz CT molecular complexity index is 576. The lowest BCUT2D eigenvalue weighted by molar-refractivity contribution is 0.0954. The van der Waals surface area contributed by atoms with Crippen molar-refractivity contribution in [3.05, 3.63) is 25.6 Å². The molecule has 0 aliphatic heterocycles. The van der Waals surface area contributed by atoms with E-state index in [4.69, 9.17) is 0 Å². The number of carbonyl (C=O) groups is 1. The molecule has 7 heteroatoms. The van der Waals surface area contributed by atoms with Crippen LogP contribution in [0.15, 0.2) is 0 Å². The lowest BCUT2D eigenvalue weighted by atomic mass is 10.3. The fraction of sp³-hybridized carbons (Fsp3) is 0.500. The minimum atomic E-state index is -0.0734. The van der Waals surface area contributed by atoms with E-state index in [-0.39, 0.29) is 5.91 Å². The SMILES string of the molecule is CCc1nnc(CNC(=O)c2sc(C)nc2CC)s1. The summed E-state index contributed by atoms with van der Waals surface area (Å²) in [5, 5.41) is 13.7. The zero-order chi connectivity index (χ0) is 13.8. The van der Waals surface area contributed by atoms with Gasteiger partial charge in [-0.05, 0) is 19.8 Å². The van der Waals surface area contributed by atoms with Gasteiger partial charge in [-0.15, -0.1) is 21.5 Å². The van der Waals surface area contributed by atoms with Crippen molar-refractivity contribution in [1.29, 1.82) is 0 Å². The highest BCUT2D eigenvalue weighted by molar-refractivity contribution is 7.13. The standard InChI is InChI=1S/C12H16N4OS2/c1-4-8-11(18-7(3)14-8)12(17)13-6-10-16-15-9(5-2)19-10/h4-6H2,1-3H3,(H,13,17). The van der Waals surface area contributed by atoms with Crippen LogP contribution in [0.4, 0.5) is 0 Å². The van der Waals surface area contributed by atoms with Crippen molar-refractivity contribution in [3.63, 3.8) is 0 Å². The first kappa shape index (κ1) is 14.1. The molecule has 1 amide bonds. The molecule has 1 N–H and O–H groups in total. The van der Waals surface area contributed by atoms with Crippen LogP contribution in [-0.2, 0) is 19.4 Å². The van der Waals surface area contributed by atoms with Crippen LogP contribution in [0.5, 0.6) is 0 Å². The van der Waals surface area contributed by atoms with Gasteiger partial charge in [0.2, 0.25) is 0 Å². The topological polar surface area (TPSA) is 67.8 Å². The number of hydrogen-bond acceptors (Lipinski definition) is 6. The van der Waals surface area contributed by atoms with E-state index in [1.165, 1.54) is 22.7 Å². The van der Waals surface area contributed by atoms with Crippen molar-refractivity contribution in [2.75, 3.05) is 0 Å². The zero-order valence-corrected chi connectivity index (χ0v) is 12.8. The van der Waals surface area contributed by atoms with Crippen molar-refractivity contribution in [2.45, 2.75) is 40.2 Å². The lowest BCUT2D eigenvalue weighted by Crippen LogP contribution is -2.22. The fourth-order valence-electron chi connectivity index (χ4n) is 1.63. The molecular formula is C12H16N4OS2. The highest BCUT2D eigenvalue weighted by Gasteiger charge is 2.15. The van der Waals surface area contributed by atoms with Crippen LogP contribution in [0, 0.1) is 6.92 Å². The Kier molecular flexibility index (Phi) is 4.60. The van der Waals surface area contributed by atoms with E-state index in [1.54, 1.807) is 0 Å². The number of carbonyl (C=O) groups excluding carboxylic acids is 1. The van der Waals surface area contributed by atoms with Gasteiger partial charge >= 0.3 is 0 Å². The maximum atomic E-state index is 12.1. The number of nitrogens with one attached hydrogen (secondary N) is 1. The summed E-state index contributed by atoms with van der Waals surface area (Å²) in [5.41, 5.74) is 0.867. The van der Waals surface area contributed by atoms with Gasteiger partial charge < -0.3 is 5.32 Å². The maximum Gasteiger partial charge on any atom is 0.263 e. The predicted octanol–water partition coefficient (Wildman–Crippen LogP) is 2.36. The summed E-state index contributed by atoms with van der Waals surface area (Å²) < 4.78 is 0. The van der Waals surface area contributed by atoms with E-state index in [9.17, 15) is 4.79 Å². The van der Waals surface area contributed by atoms with E-state index >= 15 is 0 Å². The first-order valence-electron chi connectivity index (χ1n) is 6.19. The second-order valence-corrected chi connectivity index (χ2v) is 6.34. The number of hydrogen-bond donors (Lipinski definition) is 1. The molecule has 0 unspecified atom stereocenters. The molecule has 0 aliphatic rings. The molecule has 2 heterocycles. The van der Waals surface area contributed by atoms with Crippen LogP contribution in [0.2, 0.25) is 0 Å². The average molecular weight is 296 g/mol. The third-order valence-electron chi connectivity index (χ3n) is 2.56. The first-order chi connectivity index (χ1) is 9.13. The Hall–Kier alpha value is -1.34. The maximum absolute atomic E-state index is 12.1. The number of thiazole rings is 1.